The van der Waals surface area contributed by atoms with Crippen LogP contribution < -0.4 is 5.32 Å². The minimum absolute atomic E-state index is 0.0762. The molecule has 1 unspecified atom stereocenters. The third-order valence-corrected chi connectivity index (χ3v) is 2.76. The van der Waals surface area contributed by atoms with Crippen LogP contribution in [0.15, 0.2) is 36.7 Å². The molecule has 1 N–H and O–H groups in total. The molecule has 1 amide bonds. The van der Waals surface area contributed by atoms with E-state index in [1.807, 2.05) is 26.1 Å². The molecule has 0 saturated heterocycles. The van der Waals surface area contributed by atoms with Crippen molar-refractivity contribution in [3.8, 4) is 0 Å². The van der Waals surface area contributed by atoms with Crippen molar-refractivity contribution >= 4 is 5.91 Å². The molecule has 0 aliphatic rings. The van der Waals surface area contributed by atoms with E-state index in [0.29, 0.717) is 6.54 Å². The van der Waals surface area contributed by atoms with Crippen LogP contribution in [0.2, 0.25) is 0 Å². The third-order valence-electron chi connectivity index (χ3n) is 2.76. The van der Waals surface area contributed by atoms with Crippen molar-refractivity contribution in [2.75, 3.05) is 0 Å². The van der Waals surface area contributed by atoms with Gasteiger partial charge in [-0.15, -0.1) is 0 Å². The smallest absolute Gasteiger partial charge is 0.254 e. The van der Waals surface area contributed by atoms with Crippen molar-refractivity contribution in [3.05, 3.63) is 53.6 Å². The number of hydrogen-bond donors (Lipinski definition) is 1. The van der Waals surface area contributed by atoms with Gasteiger partial charge in [0.25, 0.3) is 5.91 Å². The Hall–Kier alpha value is -2.17. The van der Waals surface area contributed by atoms with Crippen LogP contribution in [0, 0.1) is 12.7 Å². The number of halogens is 1. The van der Waals surface area contributed by atoms with Gasteiger partial charge < -0.3 is 5.32 Å². The summed E-state index contributed by atoms with van der Waals surface area (Å²) in [7, 11) is 0. The van der Waals surface area contributed by atoms with Crippen LogP contribution in [0.1, 0.15) is 22.8 Å². The summed E-state index contributed by atoms with van der Waals surface area (Å²) >= 11 is 0. The Balaban J connectivity index is 2.02. The first-order valence-electron chi connectivity index (χ1n) is 6.10. The van der Waals surface area contributed by atoms with E-state index >= 15 is 0 Å². The fraction of sp³-hybridized carbons (Fsp3) is 0.286. The highest BCUT2D eigenvalue weighted by atomic mass is 19.1. The molecule has 0 saturated carbocycles. The molecule has 0 aliphatic heterocycles. The average molecular weight is 261 g/mol. The zero-order valence-electron chi connectivity index (χ0n) is 10.9. The van der Waals surface area contributed by atoms with Gasteiger partial charge in [0.05, 0.1) is 12.1 Å². The summed E-state index contributed by atoms with van der Waals surface area (Å²) in [5.41, 5.74) is 0.929. The summed E-state index contributed by atoms with van der Waals surface area (Å²) in [6.45, 7) is 4.23. The molecule has 0 aliphatic carbocycles. The van der Waals surface area contributed by atoms with Crippen molar-refractivity contribution < 1.29 is 9.18 Å². The van der Waals surface area contributed by atoms with Crippen LogP contribution in [0.5, 0.6) is 0 Å². The molecule has 100 valence electrons. The number of benzene rings is 1. The monoisotopic (exact) mass is 261 g/mol. The molecule has 2 aromatic rings. The summed E-state index contributed by atoms with van der Waals surface area (Å²) in [4.78, 5) is 12.0. The lowest BCUT2D eigenvalue weighted by molar-refractivity contribution is 0.0932. The van der Waals surface area contributed by atoms with Gasteiger partial charge in [0.15, 0.2) is 0 Å². The highest BCUT2D eigenvalue weighted by Gasteiger charge is 2.14. The van der Waals surface area contributed by atoms with Crippen molar-refractivity contribution in [2.45, 2.75) is 26.4 Å². The van der Waals surface area contributed by atoms with Crippen molar-refractivity contribution in [2.24, 2.45) is 0 Å². The topological polar surface area (TPSA) is 46.9 Å². The van der Waals surface area contributed by atoms with Crippen molar-refractivity contribution in [3.63, 3.8) is 0 Å². The van der Waals surface area contributed by atoms with Crippen LogP contribution >= 0.6 is 0 Å². The highest BCUT2D eigenvalue weighted by molar-refractivity contribution is 5.94. The van der Waals surface area contributed by atoms with Gasteiger partial charge in [-0.3, -0.25) is 9.48 Å². The predicted octanol–water partition coefficient (Wildman–Crippen LogP) is 2.15. The predicted molar refractivity (Wildman–Crippen MR) is 70.3 cm³/mol. The largest absolute Gasteiger partial charge is 0.348 e. The number of nitrogens with zero attached hydrogens (tertiary/aromatic N) is 2. The molecule has 2 rings (SSSR count). The quantitative estimate of drug-likeness (QED) is 0.916. The number of amides is 1. The normalized spacial score (nSPS) is 12.2. The lowest BCUT2D eigenvalue weighted by atomic mass is 10.1. The number of carbonyl (C=O) groups is 1. The number of carbonyl (C=O) groups excluding carboxylic acids is 1. The standard InChI is InChI=1S/C14H16FN3O/c1-10-4-5-13(15)12(8-10)14(19)17-11(2)9-18-7-3-6-16-18/h3-8,11H,9H2,1-2H3,(H,17,19). The molecular formula is C14H16FN3O. The first kappa shape index (κ1) is 13.3. The van der Waals surface area contributed by atoms with E-state index in [0.717, 1.165) is 5.56 Å². The molecule has 0 spiro atoms. The Kier molecular flexibility index (Phi) is 3.94. The maximum atomic E-state index is 13.6. The summed E-state index contributed by atoms with van der Waals surface area (Å²) in [6, 6.07) is 6.18. The molecule has 1 aromatic heterocycles. The third kappa shape index (κ3) is 3.40. The summed E-state index contributed by atoms with van der Waals surface area (Å²) in [6.07, 6.45) is 3.49. The highest BCUT2D eigenvalue weighted by Crippen LogP contribution is 2.10. The Morgan fingerprint density at radius 2 is 2.32 bits per heavy atom. The Labute approximate surface area is 111 Å². The lowest BCUT2D eigenvalue weighted by Gasteiger charge is -2.14. The molecule has 0 fully saturated rings. The summed E-state index contributed by atoms with van der Waals surface area (Å²) in [5, 5.41) is 6.82. The second kappa shape index (κ2) is 5.65. The first-order valence-corrected chi connectivity index (χ1v) is 6.10. The van der Waals surface area contributed by atoms with E-state index in [1.54, 1.807) is 23.0 Å². The van der Waals surface area contributed by atoms with Crippen molar-refractivity contribution in [1.82, 2.24) is 15.1 Å². The Bertz CT molecular complexity index is 566. The minimum Gasteiger partial charge on any atom is -0.348 e. The van der Waals surface area contributed by atoms with E-state index < -0.39 is 11.7 Å². The fourth-order valence-corrected chi connectivity index (χ4v) is 1.85. The van der Waals surface area contributed by atoms with Crippen LogP contribution in [0.3, 0.4) is 0 Å². The number of rotatable bonds is 4. The second-order valence-electron chi connectivity index (χ2n) is 4.59. The Morgan fingerprint density at radius 1 is 1.53 bits per heavy atom. The van der Waals surface area contributed by atoms with E-state index in [9.17, 15) is 9.18 Å². The van der Waals surface area contributed by atoms with Gasteiger partial charge in [0.2, 0.25) is 0 Å². The molecule has 1 atom stereocenters. The minimum atomic E-state index is -0.505. The maximum absolute atomic E-state index is 13.6. The van der Waals surface area contributed by atoms with E-state index in [4.69, 9.17) is 0 Å². The maximum Gasteiger partial charge on any atom is 0.254 e. The Morgan fingerprint density at radius 3 is 3.00 bits per heavy atom. The van der Waals surface area contributed by atoms with Gasteiger partial charge in [0, 0.05) is 18.4 Å². The van der Waals surface area contributed by atoms with Gasteiger partial charge in [-0.05, 0) is 32.0 Å². The number of nitrogens with one attached hydrogen (secondary N) is 1. The first-order chi connectivity index (χ1) is 9.06. The molecule has 19 heavy (non-hydrogen) atoms. The lowest BCUT2D eigenvalue weighted by Crippen LogP contribution is -2.36. The van der Waals surface area contributed by atoms with E-state index in [1.165, 1.54) is 6.07 Å². The summed E-state index contributed by atoms with van der Waals surface area (Å²) in [5.74, 6) is -0.907. The van der Waals surface area contributed by atoms with Crippen LogP contribution in [0.25, 0.3) is 0 Å². The fourth-order valence-electron chi connectivity index (χ4n) is 1.85. The molecule has 0 bridgehead atoms. The van der Waals surface area contributed by atoms with Crippen molar-refractivity contribution in [1.29, 1.82) is 0 Å². The number of aryl methyl sites for hydroxylation is 1. The van der Waals surface area contributed by atoms with E-state index in [-0.39, 0.29) is 11.6 Å². The molecular weight excluding hydrogens is 245 g/mol. The number of aromatic nitrogens is 2. The zero-order valence-corrected chi connectivity index (χ0v) is 10.9. The van der Waals surface area contributed by atoms with Gasteiger partial charge >= 0.3 is 0 Å². The van der Waals surface area contributed by atoms with Crippen LogP contribution in [-0.4, -0.2) is 21.7 Å². The molecule has 4 nitrogen and oxygen atoms in total. The molecule has 1 heterocycles. The van der Waals surface area contributed by atoms with Gasteiger partial charge in [-0.2, -0.15) is 5.10 Å². The zero-order chi connectivity index (χ0) is 13.8. The molecule has 5 heteroatoms. The number of hydrogen-bond acceptors (Lipinski definition) is 2. The van der Waals surface area contributed by atoms with Crippen LogP contribution in [0.4, 0.5) is 4.39 Å². The molecule has 1 aromatic carbocycles. The SMILES string of the molecule is Cc1ccc(F)c(C(=O)NC(C)Cn2cccn2)c1. The average Bonchev–Trinajstić information content (AvgIpc) is 2.84. The van der Waals surface area contributed by atoms with Gasteiger partial charge in [-0.1, -0.05) is 11.6 Å². The molecule has 0 radical (unpaired) electrons. The van der Waals surface area contributed by atoms with E-state index in [2.05, 4.69) is 10.4 Å². The van der Waals surface area contributed by atoms with Crippen LogP contribution in [-0.2, 0) is 6.54 Å². The second-order valence-corrected chi connectivity index (χ2v) is 4.59. The van der Waals surface area contributed by atoms with Gasteiger partial charge in [0.1, 0.15) is 5.82 Å². The van der Waals surface area contributed by atoms with Gasteiger partial charge in [-0.25, -0.2) is 4.39 Å². The summed E-state index contributed by atoms with van der Waals surface area (Å²) < 4.78 is 15.3.